The van der Waals surface area contributed by atoms with E-state index in [2.05, 4.69) is 56.1 Å². The molecule has 1 aromatic carbocycles. The molecule has 3 rings (SSSR count). The van der Waals surface area contributed by atoms with E-state index in [1.807, 2.05) is 20.1 Å². The Bertz CT molecular complexity index is 751. The third-order valence-corrected chi connectivity index (χ3v) is 3.65. The van der Waals surface area contributed by atoms with Crippen LogP contribution in [0.5, 0.6) is 0 Å². The SMILES string of the molecule is Bc1nccc2cc(-c3ccc(C(C)(C)C)cc3)oc12. The number of furan rings is 1. The topological polar surface area (TPSA) is 26.0 Å². The minimum absolute atomic E-state index is 0.174. The average molecular weight is 263 g/mol. The number of aromatic nitrogens is 1. The van der Waals surface area contributed by atoms with Crippen molar-refractivity contribution in [2.75, 3.05) is 0 Å². The van der Waals surface area contributed by atoms with Gasteiger partial charge in [0.25, 0.3) is 0 Å². The van der Waals surface area contributed by atoms with Crippen LogP contribution in [0.1, 0.15) is 26.3 Å². The van der Waals surface area contributed by atoms with E-state index in [4.69, 9.17) is 4.42 Å². The first kappa shape index (κ1) is 13.0. The number of benzene rings is 1. The molecule has 0 aliphatic rings. The monoisotopic (exact) mass is 263 g/mol. The molecule has 0 spiro atoms. The van der Waals surface area contributed by atoms with Gasteiger partial charge >= 0.3 is 0 Å². The predicted octanol–water partition coefficient (Wildman–Crippen LogP) is 3.05. The molecule has 20 heavy (non-hydrogen) atoms. The summed E-state index contributed by atoms with van der Waals surface area (Å²) in [6.07, 6.45) is 1.82. The summed E-state index contributed by atoms with van der Waals surface area (Å²) in [6, 6.07) is 12.7. The third-order valence-electron chi connectivity index (χ3n) is 3.65. The Morgan fingerprint density at radius 2 is 1.75 bits per heavy atom. The number of nitrogens with zero attached hydrogens (tertiary/aromatic N) is 1. The number of hydrogen-bond acceptors (Lipinski definition) is 2. The van der Waals surface area contributed by atoms with Crippen molar-refractivity contribution >= 4 is 24.4 Å². The number of hydrogen-bond donors (Lipinski definition) is 0. The fourth-order valence-corrected chi connectivity index (χ4v) is 2.38. The molecule has 0 unspecified atom stereocenters. The Morgan fingerprint density at radius 1 is 1.05 bits per heavy atom. The van der Waals surface area contributed by atoms with E-state index in [9.17, 15) is 0 Å². The van der Waals surface area contributed by atoms with Gasteiger partial charge in [0.05, 0.1) is 0 Å². The maximum atomic E-state index is 5.95. The van der Waals surface area contributed by atoms with Crippen LogP contribution in [0.25, 0.3) is 22.3 Å². The summed E-state index contributed by atoms with van der Waals surface area (Å²) in [5, 5.41) is 1.10. The smallest absolute Gasteiger partial charge is 0.169 e. The molecule has 0 atom stereocenters. The highest BCUT2D eigenvalue weighted by Crippen LogP contribution is 2.29. The predicted molar refractivity (Wildman–Crippen MR) is 86.3 cm³/mol. The molecule has 0 saturated carbocycles. The Labute approximate surface area is 120 Å². The quantitative estimate of drug-likeness (QED) is 0.631. The maximum Gasteiger partial charge on any atom is 0.169 e. The fraction of sp³-hybridized carbons (Fsp3) is 0.235. The van der Waals surface area contributed by atoms with Crippen molar-refractivity contribution in [3.8, 4) is 11.3 Å². The van der Waals surface area contributed by atoms with Gasteiger partial charge < -0.3 is 4.42 Å². The molecule has 2 nitrogen and oxygen atoms in total. The molecular formula is C17H18BNO. The summed E-state index contributed by atoms with van der Waals surface area (Å²) < 4.78 is 5.95. The molecule has 3 heteroatoms. The molecule has 2 aromatic heterocycles. The first-order valence-corrected chi connectivity index (χ1v) is 6.91. The Kier molecular flexibility index (Phi) is 2.93. The van der Waals surface area contributed by atoms with Crippen molar-refractivity contribution < 1.29 is 4.42 Å². The van der Waals surface area contributed by atoms with Crippen LogP contribution in [-0.2, 0) is 5.41 Å². The van der Waals surface area contributed by atoms with Crippen molar-refractivity contribution in [2.24, 2.45) is 0 Å². The molecular weight excluding hydrogens is 245 g/mol. The normalized spacial score (nSPS) is 11.9. The second kappa shape index (κ2) is 4.52. The molecule has 0 amide bonds. The Hall–Kier alpha value is -2.03. The minimum atomic E-state index is 0.174. The van der Waals surface area contributed by atoms with Gasteiger partial charge in [-0.15, -0.1) is 0 Å². The average Bonchev–Trinajstić information content (AvgIpc) is 2.83. The highest BCUT2D eigenvalue weighted by atomic mass is 16.3. The molecule has 2 heterocycles. The van der Waals surface area contributed by atoms with Crippen LogP contribution in [0, 0.1) is 0 Å². The van der Waals surface area contributed by atoms with Gasteiger partial charge in [-0.1, -0.05) is 45.0 Å². The lowest BCUT2D eigenvalue weighted by atomic mass is 9.86. The zero-order valence-electron chi connectivity index (χ0n) is 12.4. The van der Waals surface area contributed by atoms with Crippen LogP contribution in [0.3, 0.4) is 0 Å². The van der Waals surface area contributed by atoms with Crippen LogP contribution in [0.2, 0.25) is 0 Å². The van der Waals surface area contributed by atoms with Gasteiger partial charge in [0.15, 0.2) is 7.85 Å². The lowest BCUT2D eigenvalue weighted by Gasteiger charge is -2.18. The Morgan fingerprint density at radius 3 is 2.35 bits per heavy atom. The molecule has 100 valence electrons. The standard InChI is InChI=1S/C17H18BNO/c1-17(2,3)13-6-4-11(5-7-13)14-10-12-8-9-19-16(18)15(12)20-14/h4-10H,18H2,1-3H3. The number of pyridine rings is 1. The summed E-state index contributed by atoms with van der Waals surface area (Å²) in [5.41, 5.74) is 4.42. The van der Waals surface area contributed by atoms with Crippen LogP contribution in [-0.4, -0.2) is 12.8 Å². The third kappa shape index (κ3) is 2.24. The molecule has 0 saturated heterocycles. The van der Waals surface area contributed by atoms with E-state index in [1.165, 1.54) is 5.56 Å². The minimum Gasteiger partial charge on any atom is -0.455 e. The molecule has 3 aromatic rings. The zero-order valence-corrected chi connectivity index (χ0v) is 12.4. The molecule has 0 fully saturated rings. The van der Waals surface area contributed by atoms with Gasteiger partial charge in [0.2, 0.25) is 0 Å². The molecule has 0 N–H and O–H groups in total. The summed E-state index contributed by atoms with van der Waals surface area (Å²) in [7, 11) is 1.97. The van der Waals surface area contributed by atoms with Gasteiger partial charge in [-0.2, -0.15) is 0 Å². The van der Waals surface area contributed by atoms with E-state index in [1.54, 1.807) is 0 Å². The summed E-state index contributed by atoms with van der Waals surface area (Å²) in [5.74, 6) is 0.900. The maximum absolute atomic E-state index is 5.95. The van der Waals surface area contributed by atoms with Crippen molar-refractivity contribution in [3.05, 3.63) is 48.2 Å². The van der Waals surface area contributed by atoms with Crippen molar-refractivity contribution in [1.29, 1.82) is 0 Å². The van der Waals surface area contributed by atoms with E-state index >= 15 is 0 Å². The first-order chi connectivity index (χ1) is 9.45. The van der Waals surface area contributed by atoms with E-state index < -0.39 is 0 Å². The van der Waals surface area contributed by atoms with Crippen LogP contribution >= 0.6 is 0 Å². The van der Waals surface area contributed by atoms with E-state index in [-0.39, 0.29) is 5.41 Å². The van der Waals surface area contributed by atoms with Gasteiger partial charge in [0.1, 0.15) is 11.3 Å². The highest BCUT2D eigenvalue weighted by molar-refractivity contribution is 6.36. The van der Waals surface area contributed by atoms with Gasteiger partial charge in [-0.25, -0.2) is 0 Å². The number of rotatable bonds is 1. The van der Waals surface area contributed by atoms with Crippen molar-refractivity contribution in [2.45, 2.75) is 26.2 Å². The molecule has 0 radical (unpaired) electrons. The van der Waals surface area contributed by atoms with Gasteiger partial charge in [-0.05, 0) is 23.1 Å². The van der Waals surface area contributed by atoms with Crippen LogP contribution < -0.4 is 5.59 Å². The molecule has 0 aliphatic carbocycles. The Balaban J connectivity index is 2.05. The zero-order chi connectivity index (χ0) is 14.3. The first-order valence-electron chi connectivity index (χ1n) is 6.91. The van der Waals surface area contributed by atoms with E-state index in [0.717, 1.165) is 27.9 Å². The summed E-state index contributed by atoms with van der Waals surface area (Å²) >= 11 is 0. The van der Waals surface area contributed by atoms with Crippen LogP contribution in [0.4, 0.5) is 0 Å². The largest absolute Gasteiger partial charge is 0.455 e. The molecule has 0 bridgehead atoms. The fourth-order valence-electron chi connectivity index (χ4n) is 2.38. The van der Waals surface area contributed by atoms with E-state index in [0.29, 0.717) is 0 Å². The summed E-state index contributed by atoms with van der Waals surface area (Å²) in [4.78, 5) is 4.27. The summed E-state index contributed by atoms with van der Waals surface area (Å²) in [6.45, 7) is 6.66. The molecule has 0 aliphatic heterocycles. The van der Waals surface area contributed by atoms with Crippen molar-refractivity contribution in [1.82, 2.24) is 4.98 Å². The second-order valence-electron chi connectivity index (χ2n) is 6.25. The van der Waals surface area contributed by atoms with Gasteiger partial charge in [-0.3, -0.25) is 4.98 Å². The second-order valence-corrected chi connectivity index (χ2v) is 6.25. The lowest BCUT2D eigenvalue weighted by Crippen LogP contribution is -2.10. The van der Waals surface area contributed by atoms with Crippen LogP contribution in [0.15, 0.2) is 47.0 Å². The lowest BCUT2D eigenvalue weighted by molar-refractivity contribution is 0.590. The van der Waals surface area contributed by atoms with Gasteiger partial charge in [0, 0.05) is 22.7 Å². The highest BCUT2D eigenvalue weighted by Gasteiger charge is 2.14. The number of fused-ring (bicyclic) bond motifs is 1. The van der Waals surface area contributed by atoms with Crippen molar-refractivity contribution in [3.63, 3.8) is 0 Å².